The number of carbonyl (C=O) groups excluding carboxylic acids is 5. The lowest BCUT2D eigenvalue weighted by Crippen LogP contribution is -2.30. The summed E-state index contributed by atoms with van der Waals surface area (Å²) < 4.78 is 28.5. The highest BCUT2D eigenvalue weighted by atomic mass is 16.6. The second kappa shape index (κ2) is 17.4. The summed E-state index contributed by atoms with van der Waals surface area (Å²) in [6.07, 6.45) is 7.84. The van der Waals surface area contributed by atoms with Gasteiger partial charge in [-0.2, -0.15) is 0 Å². The molecule has 2 aromatic carbocycles. The molecule has 0 saturated carbocycles. The van der Waals surface area contributed by atoms with E-state index < -0.39 is 30.0 Å². The van der Waals surface area contributed by atoms with Gasteiger partial charge in [0.15, 0.2) is 23.0 Å². The average molecular weight is 675 g/mol. The van der Waals surface area contributed by atoms with E-state index in [9.17, 15) is 24.0 Å². The fourth-order valence-corrected chi connectivity index (χ4v) is 5.42. The van der Waals surface area contributed by atoms with Crippen molar-refractivity contribution in [2.24, 2.45) is 0 Å². The van der Waals surface area contributed by atoms with Crippen LogP contribution >= 0.6 is 0 Å². The Bertz CT molecular complexity index is 1720. The summed E-state index contributed by atoms with van der Waals surface area (Å²) >= 11 is 0. The minimum absolute atomic E-state index is 0.000470. The number of Topliss-reactive ketones (excluding diaryl/α,β-unsaturated/α-hetero) is 1. The van der Waals surface area contributed by atoms with Crippen LogP contribution in [0, 0.1) is 0 Å². The first-order chi connectivity index (χ1) is 23.0. The number of allylic oxidation sites excluding steroid dienone is 6. The summed E-state index contributed by atoms with van der Waals surface area (Å²) in [5.41, 5.74) is 5.12. The van der Waals surface area contributed by atoms with Crippen molar-refractivity contribution in [3.8, 4) is 28.7 Å². The Morgan fingerprint density at radius 2 is 1.29 bits per heavy atom. The molecule has 0 amide bonds. The van der Waals surface area contributed by atoms with Gasteiger partial charge < -0.3 is 23.7 Å². The molecule has 2 aromatic rings. The second-order valence-electron chi connectivity index (χ2n) is 12.6. The molecule has 0 aromatic heterocycles. The van der Waals surface area contributed by atoms with Crippen LogP contribution < -0.4 is 23.7 Å². The lowest BCUT2D eigenvalue weighted by molar-refractivity contribution is -0.134. The molecule has 10 nitrogen and oxygen atoms in total. The zero-order valence-corrected chi connectivity index (χ0v) is 29.9. The van der Waals surface area contributed by atoms with Crippen molar-refractivity contribution in [2.75, 3.05) is 0 Å². The fraction of sp³-hybridized carbons (Fsp3) is 0.410. The van der Waals surface area contributed by atoms with Crippen molar-refractivity contribution in [3.63, 3.8) is 0 Å². The predicted octanol–water partition coefficient (Wildman–Crippen LogP) is 7.71. The van der Waals surface area contributed by atoms with Crippen LogP contribution in [0.15, 0.2) is 53.1 Å². The van der Waals surface area contributed by atoms with Crippen LogP contribution in [0.3, 0.4) is 0 Å². The molecule has 1 aliphatic heterocycles. The van der Waals surface area contributed by atoms with Gasteiger partial charge in [0.05, 0.1) is 0 Å². The van der Waals surface area contributed by atoms with Crippen LogP contribution in [0.25, 0.3) is 0 Å². The van der Waals surface area contributed by atoms with E-state index in [0.717, 1.165) is 24.0 Å². The molecular weight excluding hydrogens is 628 g/mol. The fourth-order valence-electron chi connectivity index (χ4n) is 5.42. The zero-order valence-electron chi connectivity index (χ0n) is 29.9. The van der Waals surface area contributed by atoms with Crippen molar-refractivity contribution in [1.82, 2.24) is 0 Å². The molecule has 262 valence electrons. The van der Waals surface area contributed by atoms with E-state index in [4.69, 9.17) is 23.7 Å². The van der Waals surface area contributed by atoms with Gasteiger partial charge >= 0.3 is 23.9 Å². The molecule has 1 atom stereocenters. The molecule has 0 spiro atoms. The molecular formula is C39H46O10. The van der Waals surface area contributed by atoms with Crippen LogP contribution in [0.2, 0.25) is 0 Å². The topological polar surface area (TPSA) is 132 Å². The smallest absolute Gasteiger partial charge is 0.308 e. The third-order valence-corrected chi connectivity index (χ3v) is 7.52. The maximum atomic E-state index is 13.8. The highest BCUT2D eigenvalue weighted by molar-refractivity contribution is 6.04. The number of rotatable bonds is 13. The van der Waals surface area contributed by atoms with E-state index in [0.29, 0.717) is 23.1 Å². The Hall–Kier alpha value is -4.99. The summed E-state index contributed by atoms with van der Waals surface area (Å²) in [6, 6.07) is 4.79. The number of esters is 4. The highest BCUT2D eigenvalue weighted by Crippen LogP contribution is 2.45. The molecule has 1 aliphatic rings. The highest BCUT2D eigenvalue weighted by Gasteiger charge is 2.35. The molecule has 49 heavy (non-hydrogen) atoms. The van der Waals surface area contributed by atoms with Crippen molar-refractivity contribution in [1.29, 1.82) is 0 Å². The van der Waals surface area contributed by atoms with E-state index in [-0.39, 0.29) is 59.4 Å². The van der Waals surface area contributed by atoms with Crippen molar-refractivity contribution < 1.29 is 47.7 Å². The lowest BCUT2D eigenvalue weighted by atomic mass is 9.90. The molecule has 1 unspecified atom stereocenters. The normalized spacial score (nSPS) is 13.8. The maximum Gasteiger partial charge on any atom is 0.308 e. The third-order valence-electron chi connectivity index (χ3n) is 7.52. The largest absolute Gasteiger partial charge is 0.489 e. The number of ether oxygens (including phenoxy) is 5. The maximum absolute atomic E-state index is 13.8. The summed E-state index contributed by atoms with van der Waals surface area (Å²) in [6.45, 7) is 14.9. The lowest BCUT2D eigenvalue weighted by Gasteiger charge is -2.29. The molecule has 1 heterocycles. The van der Waals surface area contributed by atoms with E-state index >= 15 is 0 Å². The number of hydrogen-bond acceptors (Lipinski definition) is 10. The van der Waals surface area contributed by atoms with Crippen molar-refractivity contribution in [2.45, 2.75) is 107 Å². The van der Waals surface area contributed by atoms with Crippen LogP contribution in [0.5, 0.6) is 28.7 Å². The third kappa shape index (κ3) is 11.3. The minimum Gasteiger partial charge on any atom is -0.489 e. The van der Waals surface area contributed by atoms with Crippen LogP contribution in [0.1, 0.15) is 109 Å². The quantitative estimate of drug-likeness (QED) is 0.118. The van der Waals surface area contributed by atoms with Gasteiger partial charge in [0, 0.05) is 57.7 Å². The van der Waals surface area contributed by atoms with E-state index in [1.54, 1.807) is 12.1 Å². The van der Waals surface area contributed by atoms with Gasteiger partial charge in [-0.3, -0.25) is 24.0 Å². The Morgan fingerprint density at radius 3 is 1.88 bits per heavy atom. The number of ketones is 1. The van der Waals surface area contributed by atoms with Gasteiger partial charge in [0.1, 0.15) is 23.2 Å². The number of carbonyl (C=O) groups is 5. The van der Waals surface area contributed by atoms with Crippen molar-refractivity contribution >= 4 is 29.7 Å². The molecule has 0 bridgehead atoms. The summed E-state index contributed by atoms with van der Waals surface area (Å²) in [5, 5.41) is 0. The van der Waals surface area contributed by atoms with Gasteiger partial charge in [0.25, 0.3) is 0 Å². The summed E-state index contributed by atoms with van der Waals surface area (Å²) in [7, 11) is 0. The minimum atomic E-state index is -0.690. The Balaban J connectivity index is 2.12. The molecule has 0 aliphatic carbocycles. The summed E-state index contributed by atoms with van der Waals surface area (Å²) in [4.78, 5) is 62.3. The van der Waals surface area contributed by atoms with Gasteiger partial charge in [-0.05, 0) is 71.9 Å². The van der Waals surface area contributed by atoms with Crippen LogP contribution in [-0.4, -0.2) is 35.8 Å². The number of hydrogen-bond donors (Lipinski definition) is 0. The Kier molecular flexibility index (Phi) is 13.7. The monoisotopic (exact) mass is 674 g/mol. The molecule has 10 heteroatoms. The summed E-state index contributed by atoms with van der Waals surface area (Å²) in [5.74, 6) is -2.26. The predicted molar refractivity (Wildman–Crippen MR) is 184 cm³/mol. The second-order valence-corrected chi connectivity index (χ2v) is 12.6. The van der Waals surface area contributed by atoms with Gasteiger partial charge in [0.2, 0.25) is 0 Å². The van der Waals surface area contributed by atoms with Gasteiger partial charge in [-0.25, -0.2) is 0 Å². The van der Waals surface area contributed by atoms with E-state index in [2.05, 4.69) is 6.08 Å². The Morgan fingerprint density at radius 1 is 0.714 bits per heavy atom. The van der Waals surface area contributed by atoms with Crippen LogP contribution in [0.4, 0.5) is 0 Å². The molecule has 3 rings (SSSR count). The van der Waals surface area contributed by atoms with Crippen molar-refractivity contribution in [3.05, 3.63) is 75.4 Å². The molecule has 0 fully saturated rings. The SMILES string of the molecule is CC(=O)Oc1cc2c(c(OC(C)=O)c1CC=C(C)C)C(=O)CC(Cc1ccc(OC(C)=O)c(OC(C)=O)c1C/C=C(\C)CCC=C(C)C)O2. The van der Waals surface area contributed by atoms with E-state index in [1.807, 2.05) is 46.8 Å². The standard InChI is InChI=1S/C39H46O10/c1-22(2)11-10-12-24(5)14-17-31-29(15-18-34(45-25(6)40)38(31)47-27(8)42)19-30-20-33(44)37-36(49-30)21-35(46-26(7)41)32(16-13-23(3)4)39(37)48-28(9)43/h11,13-15,18,21,30H,10,12,16-17,19-20H2,1-9H3/b24-14+. The average Bonchev–Trinajstić information content (AvgIpc) is 2.96. The molecule has 0 N–H and O–H groups in total. The number of benzene rings is 2. The first-order valence-electron chi connectivity index (χ1n) is 16.3. The molecule has 0 saturated heterocycles. The first kappa shape index (κ1) is 38.5. The Labute approximate surface area is 288 Å². The molecule has 0 radical (unpaired) electrons. The zero-order chi connectivity index (χ0) is 36.4. The van der Waals surface area contributed by atoms with Gasteiger partial charge in [-0.15, -0.1) is 0 Å². The first-order valence-corrected chi connectivity index (χ1v) is 16.3. The van der Waals surface area contributed by atoms with Gasteiger partial charge in [-0.1, -0.05) is 41.0 Å². The van der Waals surface area contributed by atoms with E-state index in [1.165, 1.54) is 39.3 Å². The van der Waals surface area contributed by atoms with Crippen LogP contribution in [-0.2, 0) is 38.4 Å². The number of fused-ring (bicyclic) bond motifs is 1.